The molecule has 3 atom stereocenters. The fraction of sp³-hybridized carbons (Fsp3) is 0.368. The molecule has 0 aliphatic heterocycles. The van der Waals surface area contributed by atoms with E-state index in [0.717, 1.165) is 16.5 Å². The Balaban J connectivity index is 2.16. The molecule has 0 fully saturated rings. The molecule has 0 bridgehead atoms. The number of carboxylic acids is 1. The number of hydrogen-bond donors (Lipinski definition) is 7. The number of benzene rings is 1. The zero-order valence-corrected chi connectivity index (χ0v) is 17.2. The Bertz CT molecular complexity index is 931. The van der Waals surface area contributed by atoms with Gasteiger partial charge in [-0.25, -0.2) is 0 Å². The molecule has 0 aliphatic rings. The van der Waals surface area contributed by atoms with Gasteiger partial charge < -0.3 is 31.8 Å². The monoisotopic (exact) mass is 435 g/mol. The fourth-order valence-corrected chi connectivity index (χ4v) is 3.08. The molecule has 1 heterocycles. The molecule has 0 saturated carbocycles. The van der Waals surface area contributed by atoms with Gasteiger partial charge in [-0.3, -0.25) is 19.2 Å². The number of carbonyl (C=O) groups is 4. The lowest BCUT2D eigenvalue weighted by Crippen LogP contribution is -2.57. The van der Waals surface area contributed by atoms with E-state index in [4.69, 9.17) is 10.8 Å². The van der Waals surface area contributed by atoms with Gasteiger partial charge >= 0.3 is 5.97 Å². The number of aromatic nitrogens is 1. The topological polar surface area (TPSA) is 166 Å². The van der Waals surface area contributed by atoms with E-state index < -0.39 is 41.8 Å². The highest BCUT2D eigenvalue weighted by Gasteiger charge is 2.28. The van der Waals surface area contributed by atoms with Gasteiger partial charge in [-0.05, 0) is 18.6 Å². The third-order valence-electron chi connectivity index (χ3n) is 4.48. The van der Waals surface area contributed by atoms with Crippen molar-refractivity contribution in [3.8, 4) is 0 Å². The lowest BCUT2D eigenvalue weighted by molar-refractivity contribution is -0.141. The highest BCUT2D eigenvalue weighted by Crippen LogP contribution is 2.19. The number of thiol groups is 1. The van der Waals surface area contributed by atoms with E-state index in [2.05, 4.69) is 33.6 Å². The van der Waals surface area contributed by atoms with Gasteiger partial charge in [0.25, 0.3) is 0 Å². The number of nitrogens with two attached hydrogens (primary N) is 1. The van der Waals surface area contributed by atoms with Crippen LogP contribution in [-0.2, 0) is 25.6 Å². The number of carbonyl (C=O) groups excluding carboxylic acids is 3. The molecule has 2 rings (SSSR count). The minimum Gasteiger partial charge on any atom is -0.480 e. The highest BCUT2D eigenvalue weighted by atomic mass is 32.1. The summed E-state index contributed by atoms with van der Waals surface area (Å²) >= 11 is 4.06. The number of aromatic amines is 1. The van der Waals surface area contributed by atoms with Crippen molar-refractivity contribution in [2.45, 2.75) is 31.5 Å². The quantitative estimate of drug-likeness (QED) is 0.240. The zero-order chi connectivity index (χ0) is 22.3. The molecule has 7 N–H and O–H groups in total. The van der Waals surface area contributed by atoms with Crippen LogP contribution in [0.4, 0.5) is 0 Å². The number of nitrogens with one attached hydrogen (secondary N) is 4. The van der Waals surface area contributed by atoms with Crippen molar-refractivity contribution in [3.63, 3.8) is 0 Å². The first kappa shape index (κ1) is 23.2. The number of H-pyrrole nitrogens is 1. The average molecular weight is 436 g/mol. The van der Waals surface area contributed by atoms with E-state index in [1.54, 1.807) is 6.20 Å². The molecule has 11 heteroatoms. The highest BCUT2D eigenvalue weighted by molar-refractivity contribution is 7.80. The summed E-state index contributed by atoms with van der Waals surface area (Å²) in [5.41, 5.74) is 7.04. The van der Waals surface area contributed by atoms with Crippen LogP contribution in [0.15, 0.2) is 30.5 Å². The van der Waals surface area contributed by atoms with E-state index in [1.807, 2.05) is 24.3 Å². The van der Waals surface area contributed by atoms with Gasteiger partial charge in [0.05, 0.1) is 6.54 Å². The molecule has 0 spiro atoms. The van der Waals surface area contributed by atoms with E-state index in [0.29, 0.717) is 0 Å². The summed E-state index contributed by atoms with van der Waals surface area (Å²) in [6.07, 6.45) is 1.91. The number of carboxylic acid groups (broad SMARTS) is 1. The molecule has 1 aromatic heterocycles. The van der Waals surface area contributed by atoms with Crippen molar-refractivity contribution >= 4 is 47.2 Å². The summed E-state index contributed by atoms with van der Waals surface area (Å²) in [5, 5.41) is 17.2. The number of aliphatic carboxylic acids is 1. The first-order valence-electron chi connectivity index (χ1n) is 9.25. The fourth-order valence-electron chi connectivity index (χ4n) is 2.83. The second kappa shape index (κ2) is 10.6. The van der Waals surface area contributed by atoms with Gasteiger partial charge in [-0.15, -0.1) is 0 Å². The van der Waals surface area contributed by atoms with Crippen molar-refractivity contribution in [3.05, 3.63) is 36.0 Å². The zero-order valence-electron chi connectivity index (χ0n) is 16.3. The number of para-hydroxylation sites is 1. The molecule has 3 amide bonds. The number of rotatable bonds is 10. The molecule has 0 saturated heterocycles. The van der Waals surface area contributed by atoms with Gasteiger partial charge in [0.2, 0.25) is 17.7 Å². The number of amides is 3. The van der Waals surface area contributed by atoms with Crippen molar-refractivity contribution in [2.75, 3.05) is 12.3 Å². The average Bonchev–Trinajstić information content (AvgIpc) is 3.13. The van der Waals surface area contributed by atoms with Crippen molar-refractivity contribution < 1.29 is 24.3 Å². The molecule has 2 aromatic rings. The second-order valence-corrected chi connectivity index (χ2v) is 7.07. The predicted molar refractivity (Wildman–Crippen MR) is 114 cm³/mol. The summed E-state index contributed by atoms with van der Waals surface area (Å²) in [7, 11) is 0. The van der Waals surface area contributed by atoms with Crippen molar-refractivity contribution in [2.24, 2.45) is 5.73 Å². The van der Waals surface area contributed by atoms with Crippen LogP contribution >= 0.6 is 12.6 Å². The molecule has 30 heavy (non-hydrogen) atoms. The minimum atomic E-state index is -1.21. The molecule has 1 aromatic carbocycles. The standard InChI is InChI=1S/C19H25N5O5S/c1-10(19(28)29)22-18(27)15(9-30)24-17(26)14(23-16(25)7-20)6-11-8-21-13-5-3-2-4-12(11)13/h2-5,8,10,14-15,21,30H,6-7,9,20H2,1H3,(H,22,27)(H,23,25)(H,24,26)(H,28,29). The van der Waals surface area contributed by atoms with Crippen LogP contribution in [-0.4, -0.2) is 64.2 Å². The lowest BCUT2D eigenvalue weighted by Gasteiger charge is -2.23. The van der Waals surface area contributed by atoms with Crippen molar-refractivity contribution in [1.29, 1.82) is 0 Å². The Morgan fingerprint density at radius 3 is 2.40 bits per heavy atom. The second-order valence-electron chi connectivity index (χ2n) is 6.70. The SMILES string of the molecule is CC(NC(=O)C(CS)NC(=O)C(Cc1c[nH]c2ccccc12)NC(=O)CN)C(=O)O. The summed E-state index contributed by atoms with van der Waals surface area (Å²) < 4.78 is 0. The Hall–Kier alpha value is -3.05. The summed E-state index contributed by atoms with van der Waals surface area (Å²) in [6.45, 7) is 1.00. The summed E-state index contributed by atoms with van der Waals surface area (Å²) in [6, 6.07) is 4.30. The van der Waals surface area contributed by atoms with Crippen LogP contribution in [0.3, 0.4) is 0 Å². The maximum absolute atomic E-state index is 12.8. The Kier molecular flexibility index (Phi) is 8.25. The molecular formula is C19H25N5O5S. The smallest absolute Gasteiger partial charge is 0.325 e. The van der Waals surface area contributed by atoms with E-state index >= 15 is 0 Å². The van der Waals surface area contributed by atoms with Gasteiger partial charge in [-0.1, -0.05) is 18.2 Å². The maximum atomic E-state index is 12.8. The van der Waals surface area contributed by atoms with Crippen LogP contribution in [0.1, 0.15) is 12.5 Å². The lowest BCUT2D eigenvalue weighted by atomic mass is 10.0. The molecule has 10 nitrogen and oxygen atoms in total. The Morgan fingerprint density at radius 1 is 1.10 bits per heavy atom. The molecule has 3 unspecified atom stereocenters. The molecule has 162 valence electrons. The third kappa shape index (κ3) is 5.97. The normalized spacial score (nSPS) is 13.8. The van der Waals surface area contributed by atoms with E-state index in [1.165, 1.54) is 6.92 Å². The Labute approximate surface area is 178 Å². The van der Waals surface area contributed by atoms with Gasteiger partial charge in [0, 0.05) is 29.3 Å². The predicted octanol–water partition coefficient (Wildman–Crippen LogP) is -0.842. The van der Waals surface area contributed by atoms with Gasteiger partial charge in [-0.2, -0.15) is 12.6 Å². The van der Waals surface area contributed by atoms with Crippen LogP contribution < -0.4 is 21.7 Å². The third-order valence-corrected chi connectivity index (χ3v) is 4.85. The van der Waals surface area contributed by atoms with Gasteiger partial charge in [0.15, 0.2) is 0 Å². The summed E-state index contributed by atoms with van der Waals surface area (Å²) in [4.78, 5) is 51.0. The largest absolute Gasteiger partial charge is 0.480 e. The maximum Gasteiger partial charge on any atom is 0.325 e. The van der Waals surface area contributed by atoms with Crippen LogP contribution in [0.25, 0.3) is 10.9 Å². The first-order chi connectivity index (χ1) is 14.3. The first-order valence-corrected chi connectivity index (χ1v) is 9.88. The van der Waals surface area contributed by atoms with Gasteiger partial charge in [0.1, 0.15) is 18.1 Å². The molecule has 0 radical (unpaired) electrons. The number of fused-ring (bicyclic) bond motifs is 1. The van der Waals surface area contributed by atoms with E-state index in [9.17, 15) is 19.2 Å². The van der Waals surface area contributed by atoms with Crippen LogP contribution in [0, 0.1) is 0 Å². The minimum absolute atomic E-state index is 0.0610. The van der Waals surface area contributed by atoms with Crippen LogP contribution in [0.2, 0.25) is 0 Å². The van der Waals surface area contributed by atoms with Crippen molar-refractivity contribution in [1.82, 2.24) is 20.9 Å². The van der Waals surface area contributed by atoms with Crippen LogP contribution in [0.5, 0.6) is 0 Å². The summed E-state index contributed by atoms with van der Waals surface area (Å²) in [5.74, 6) is -3.10. The Morgan fingerprint density at radius 2 is 1.77 bits per heavy atom. The number of hydrogen-bond acceptors (Lipinski definition) is 6. The molecular weight excluding hydrogens is 410 g/mol. The van der Waals surface area contributed by atoms with E-state index in [-0.39, 0.29) is 18.7 Å². The molecule has 0 aliphatic carbocycles.